The average molecular weight is 876 g/mol. The minimum atomic E-state index is -1.35. The highest BCUT2D eigenvalue weighted by Gasteiger charge is 2.34. The number of primary amides is 1. The Kier molecular flexibility index (Phi) is 17.0. The van der Waals surface area contributed by atoms with Crippen molar-refractivity contribution in [3.8, 4) is 0 Å². The third kappa shape index (κ3) is 14.0. The third-order valence-corrected chi connectivity index (χ3v) is 11.3. The molecule has 17 nitrogen and oxygen atoms in total. The van der Waals surface area contributed by atoms with Gasteiger partial charge in [-0.15, -0.1) is 0 Å². The summed E-state index contributed by atoms with van der Waals surface area (Å²) >= 11 is 0. The number of nitrogens with zero attached hydrogens (tertiary/aromatic N) is 1. The quantitative estimate of drug-likeness (QED) is 0.0505. The molecule has 2 heterocycles. The zero-order valence-corrected chi connectivity index (χ0v) is 35.8. The normalized spacial score (nSPS) is 15.1. The number of hydrogen-bond donors (Lipinski definition) is 8. The number of fused-ring (bicyclic) bond motifs is 1. The van der Waals surface area contributed by atoms with Crippen molar-refractivity contribution in [1.82, 2.24) is 41.5 Å². The molecule has 3 aromatic carbocycles. The molecule has 2 aromatic heterocycles. The van der Waals surface area contributed by atoms with Crippen LogP contribution in [0.2, 0.25) is 0 Å². The average Bonchev–Trinajstić information content (AvgIpc) is 3.98. The van der Waals surface area contributed by atoms with Crippen molar-refractivity contribution in [2.45, 2.75) is 102 Å². The Bertz CT molecular complexity index is 2300. The van der Waals surface area contributed by atoms with Crippen LogP contribution in [-0.4, -0.2) is 87.4 Å². The highest BCUT2D eigenvalue weighted by molar-refractivity contribution is 5.96. The molecule has 0 bridgehead atoms. The van der Waals surface area contributed by atoms with Gasteiger partial charge in [0.05, 0.1) is 19.5 Å². The molecule has 6 rings (SSSR count). The lowest BCUT2D eigenvalue weighted by atomic mass is 9.84. The van der Waals surface area contributed by atoms with Crippen LogP contribution in [0.15, 0.2) is 104 Å². The first-order valence-corrected chi connectivity index (χ1v) is 21.6. The predicted molar refractivity (Wildman–Crippen MR) is 238 cm³/mol. The molecule has 9 N–H and O–H groups in total. The molecular weight excluding hydrogens is 819 g/mol. The summed E-state index contributed by atoms with van der Waals surface area (Å²) in [7, 11) is 0. The minimum absolute atomic E-state index is 0.0106. The maximum atomic E-state index is 14.5. The van der Waals surface area contributed by atoms with E-state index in [0.29, 0.717) is 5.69 Å². The third-order valence-electron chi connectivity index (χ3n) is 11.3. The largest absolute Gasteiger partial charge is 0.445 e. The fourth-order valence-corrected chi connectivity index (χ4v) is 7.70. The summed E-state index contributed by atoms with van der Waals surface area (Å²) in [6.07, 6.45) is 8.89. The fraction of sp³-hybridized carbons (Fsp3) is 0.383. The Morgan fingerprint density at radius 3 is 1.97 bits per heavy atom. The Hall–Kier alpha value is -7.01. The maximum absolute atomic E-state index is 14.5. The highest BCUT2D eigenvalue weighted by atomic mass is 16.5. The van der Waals surface area contributed by atoms with E-state index in [-0.39, 0.29) is 45.0 Å². The van der Waals surface area contributed by atoms with Crippen LogP contribution in [0.3, 0.4) is 0 Å². The van der Waals surface area contributed by atoms with E-state index in [1.165, 1.54) is 19.4 Å². The number of para-hydroxylation sites is 1. The molecule has 17 heteroatoms. The molecule has 64 heavy (non-hydrogen) atoms. The van der Waals surface area contributed by atoms with Gasteiger partial charge in [0, 0.05) is 41.8 Å². The van der Waals surface area contributed by atoms with Gasteiger partial charge >= 0.3 is 6.09 Å². The van der Waals surface area contributed by atoms with Gasteiger partial charge in [-0.05, 0) is 42.0 Å². The molecule has 338 valence electrons. The number of carbonyl (C=O) groups is 6. The molecule has 1 saturated carbocycles. The number of benzene rings is 3. The summed E-state index contributed by atoms with van der Waals surface area (Å²) in [6.45, 7) is 1.23. The SMILES string of the molecule is C[C@@H](NC(=O)[C@H](Cc1c[nH]c2ccccc12)NC(=O)[C@H](COCc1ccccc1)NC(=O)[C@H](CC1CCCCC1)NC(=O)[C@H](Cc1cnc[nH]1)NC(=O)OCc1ccccc1)C(N)=O. The molecule has 0 radical (unpaired) electrons. The molecule has 5 atom stereocenters. The van der Waals surface area contributed by atoms with Crippen LogP contribution in [0.5, 0.6) is 0 Å². The number of nitrogens with one attached hydrogen (secondary N) is 7. The molecule has 1 aliphatic carbocycles. The lowest BCUT2D eigenvalue weighted by molar-refractivity contribution is -0.136. The zero-order valence-electron chi connectivity index (χ0n) is 35.8. The van der Waals surface area contributed by atoms with Gasteiger partial charge < -0.3 is 51.8 Å². The van der Waals surface area contributed by atoms with Crippen molar-refractivity contribution < 1.29 is 38.2 Å². The summed E-state index contributed by atoms with van der Waals surface area (Å²) < 4.78 is 11.5. The van der Waals surface area contributed by atoms with E-state index in [1.807, 2.05) is 72.8 Å². The van der Waals surface area contributed by atoms with Crippen LogP contribution in [0.25, 0.3) is 10.9 Å². The molecule has 1 fully saturated rings. The minimum Gasteiger partial charge on any atom is -0.445 e. The van der Waals surface area contributed by atoms with Crippen LogP contribution in [0.4, 0.5) is 4.79 Å². The lowest BCUT2D eigenvalue weighted by Crippen LogP contribution is -2.60. The predicted octanol–water partition coefficient (Wildman–Crippen LogP) is 3.60. The number of nitrogens with two attached hydrogens (primary N) is 1. The molecule has 6 amide bonds. The monoisotopic (exact) mass is 875 g/mol. The number of ether oxygens (including phenoxy) is 2. The topological polar surface area (TPSA) is 252 Å². The van der Waals surface area contributed by atoms with Crippen molar-refractivity contribution in [3.05, 3.63) is 126 Å². The summed E-state index contributed by atoms with van der Waals surface area (Å²) in [6, 6.07) is 19.9. The number of alkyl carbamates (subject to hydrolysis) is 1. The highest BCUT2D eigenvalue weighted by Crippen LogP contribution is 2.28. The van der Waals surface area contributed by atoms with Gasteiger partial charge in [-0.25, -0.2) is 9.78 Å². The fourth-order valence-electron chi connectivity index (χ4n) is 7.70. The number of carbonyl (C=O) groups excluding carboxylic acids is 6. The molecule has 0 unspecified atom stereocenters. The Labute approximate surface area is 371 Å². The molecule has 0 saturated heterocycles. The standard InChI is InChI=1S/C47H57N9O8/c1-30(42(48)57)52-43(58)39(22-34-24-50-37-20-12-11-19-36(34)37)54-46(61)41(28-63-26-32-15-7-3-8-16-32)55-44(59)38(21-31-13-5-2-6-14-31)53-45(60)40(23-35-25-49-29-51-35)56-47(62)64-27-33-17-9-4-10-18-33/h3-4,7-12,15-20,24-25,29-31,38-41,50H,2,5-6,13-14,21-23,26-28H2,1H3,(H2,48,57)(H,49,51)(H,52,58)(H,53,60)(H,54,61)(H,55,59)(H,56,62)/t30-,38+,39+,40+,41+/m1/s1. The lowest BCUT2D eigenvalue weighted by Gasteiger charge is -2.29. The number of aromatic nitrogens is 3. The molecule has 1 aliphatic rings. The van der Waals surface area contributed by atoms with Crippen LogP contribution >= 0.6 is 0 Å². The van der Waals surface area contributed by atoms with Gasteiger partial charge in [0.15, 0.2) is 0 Å². The van der Waals surface area contributed by atoms with Crippen molar-refractivity contribution in [2.75, 3.05) is 6.61 Å². The van der Waals surface area contributed by atoms with E-state index < -0.39 is 65.8 Å². The van der Waals surface area contributed by atoms with Gasteiger partial charge in [0.2, 0.25) is 29.5 Å². The first-order valence-electron chi connectivity index (χ1n) is 21.6. The van der Waals surface area contributed by atoms with Crippen molar-refractivity contribution in [1.29, 1.82) is 0 Å². The van der Waals surface area contributed by atoms with E-state index in [1.54, 1.807) is 18.3 Å². The van der Waals surface area contributed by atoms with Crippen LogP contribution < -0.4 is 32.3 Å². The number of amides is 6. The van der Waals surface area contributed by atoms with Gasteiger partial charge in [0.1, 0.15) is 36.8 Å². The summed E-state index contributed by atoms with van der Waals surface area (Å²) in [4.78, 5) is 92.1. The number of H-pyrrole nitrogens is 2. The van der Waals surface area contributed by atoms with Crippen molar-refractivity contribution in [2.24, 2.45) is 11.7 Å². The Balaban J connectivity index is 1.23. The Morgan fingerprint density at radius 1 is 0.688 bits per heavy atom. The van der Waals surface area contributed by atoms with Crippen LogP contribution in [0.1, 0.15) is 67.8 Å². The van der Waals surface area contributed by atoms with E-state index in [9.17, 15) is 28.8 Å². The first kappa shape index (κ1) is 46.5. The van der Waals surface area contributed by atoms with Crippen molar-refractivity contribution >= 4 is 46.5 Å². The molecular formula is C47H57N9O8. The number of rotatable bonds is 22. The van der Waals surface area contributed by atoms with E-state index >= 15 is 0 Å². The number of hydrogen-bond acceptors (Lipinski definition) is 9. The van der Waals surface area contributed by atoms with E-state index in [2.05, 4.69) is 41.5 Å². The summed E-state index contributed by atoms with van der Waals surface area (Å²) in [5.74, 6) is -3.38. The zero-order chi connectivity index (χ0) is 45.3. The first-order chi connectivity index (χ1) is 31.0. The second-order valence-corrected chi connectivity index (χ2v) is 16.2. The second-order valence-electron chi connectivity index (χ2n) is 16.2. The second kappa shape index (κ2) is 23.4. The summed E-state index contributed by atoms with van der Waals surface area (Å²) in [5.41, 5.74) is 9.16. The summed E-state index contributed by atoms with van der Waals surface area (Å²) in [5, 5.41) is 14.6. The van der Waals surface area contributed by atoms with E-state index in [0.717, 1.165) is 59.7 Å². The van der Waals surface area contributed by atoms with Crippen LogP contribution in [-0.2, 0) is 59.5 Å². The van der Waals surface area contributed by atoms with Gasteiger partial charge in [-0.1, -0.05) is 111 Å². The van der Waals surface area contributed by atoms with E-state index in [4.69, 9.17) is 15.2 Å². The maximum Gasteiger partial charge on any atom is 0.408 e. The van der Waals surface area contributed by atoms with Gasteiger partial charge in [0.25, 0.3) is 0 Å². The smallest absolute Gasteiger partial charge is 0.408 e. The van der Waals surface area contributed by atoms with Gasteiger partial charge in [-0.3, -0.25) is 24.0 Å². The van der Waals surface area contributed by atoms with Crippen molar-refractivity contribution in [3.63, 3.8) is 0 Å². The van der Waals surface area contributed by atoms with Crippen LogP contribution in [0, 0.1) is 5.92 Å². The Morgan fingerprint density at radius 2 is 1.28 bits per heavy atom. The molecule has 0 spiro atoms. The molecule has 5 aromatic rings. The molecule has 0 aliphatic heterocycles. The van der Waals surface area contributed by atoms with Gasteiger partial charge in [-0.2, -0.15) is 0 Å². The number of aromatic amines is 2. The number of imidazole rings is 1.